The number of nitrogens with one attached hydrogen (secondary N) is 1. The van der Waals surface area contributed by atoms with Crippen molar-refractivity contribution in [1.82, 2.24) is 0 Å². The summed E-state index contributed by atoms with van der Waals surface area (Å²) >= 11 is 1.39. The Kier molecular flexibility index (Phi) is 6.35. The summed E-state index contributed by atoms with van der Waals surface area (Å²) < 4.78 is 12.9. The Labute approximate surface area is 139 Å². The van der Waals surface area contributed by atoms with Crippen molar-refractivity contribution in [3.05, 3.63) is 59.9 Å². The highest BCUT2D eigenvalue weighted by Gasteiger charge is 2.08. The Balaban J connectivity index is 1.94. The van der Waals surface area contributed by atoms with Gasteiger partial charge in [0.1, 0.15) is 5.82 Å². The molecule has 0 radical (unpaired) electrons. The lowest BCUT2D eigenvalue weighted by Gasteiger charge is -2.07. The van der Waals surface area contributed by atoms with Crippen LogP contribution in [-0.2, 0) is 4.79 Å². The molecule has 2 aromatic carbocycles. The number of thioether (sulfide) groups is 1. The third kappa shape index (κ3) is 5.53. The first-order valence-corrected chi connectivity index (χ1v) is 8.38. The summed E-state index contributed by atoms with van der Waals surface area (Å²) in [7, 11) is 0. The fourth-order valence-electron chi connectivity index (χ4n) is 1.98. The van der Waals surface area contributed by atoms with Gasteiger partial charge in [-0.25, -0.2) is 4.39 Å². The summed E-state index contributed by atoms with van der Waals surface area (Å²) in [5.74, 6) is -0.171. The van der Waals surface area contributed by atoms with E-state index in [4.69, 9.17) is 0 Å². The van der Waals surface area contributed by atoms with Crippen LogP contribution in [0.15, 0.2) is 53.4 Å². The molecule has 0 aromatic heterocycles. The number of hydrogen-bond acceptors (Lipinski definition) is 3. The topological polar surface area (TPSA) is 46.2 Å². The largest absolute Gasteiger partial charge is 0.326 e. The molecule has 2 rings (SSSR count). The van der Waals surface area contributed by atoms with Gasteiger partial charge in [0.05, 0.1) is 5.75 Å². The molecule has 0 aliphatic rings. The summed E-state index contributed by atoms with van der Waals surface area (Å²) in [4.78, 5) is 24.6. The fraction of sp³-hybridized carbons (Fsp3) is 0.222. The molecular weight excluding hydrogens is 313 g/mol. The highest BCUT2D eigenvalue weighted by molar-refractivity contribution is 8.00. The van der Waals surface area contributed by atoms with Gasteiger partial charge in [-0.05, 0) is 48.9 Å². The van der Waals surface area contributed by atoms with Crippen LogP contribution >= 0.6 is 11.8 Å². The Morgan fingerprint density at radius 1 is 1.13 bits per heavy atom. The van der Waals surface area contributed by atoms with Crippen molar-refractivity contribution in [2.45, 2.75) is 24.7 Å². The molecule has 23 heavy (non-hydrogen) atoms. The molecule has 3 nitrogen and oxygen atoms in total. The number of carbonyl (C=O) groups excluding carboxylic acids is 2. The van der Waals surface area contributed by atoms with Crippen LogP contribution in [-0.4, -0.2) is 17.4 Å². The number of amides is 1. The van der Waals surface area contributed by atoms with Gasteiger partial charge in [-0.2, -0.15) is 0 Å². The molecule has 0 heterocycles. The molecule has 5 heteroatoms. The zero-order valence-corrected chi connectivity index (χ0v) is 13.7. The molecule has 0 unspecified atom stereocenters. The van der Waals surface area contributed by atoms with Crippen LogP contribution in [0.5, 0.6) is 0 Å². The van der Waals surface area contributed by atoms with Crippen LogP contribution in [0.2, 0.25) is 0 Å². The average Bonchev–Trinajstić information content (AvgIpc) is 2.54. The van der Waals surface area contributed by atoms with E-state index in [9.17, 15) is 14.0 Å². The lowest BCUT2D eigenvalue weighted by atomic mass is 10.1. The van der Waals surface area contributed by atoms with Crippen molar-refractivity contribution < 1.29 is 14.0 Å². The van der Waals surface area contributed by atoms with Gasteiger partial charge in [0, 0.05) is 22.6 Å². The minimum atomic E-state index is -0.357. The molecule has 1 N–H and O–H groups in total. The van der Waals surface area contributed by atoms with Gasteiger partial charge in [-0.15, -0.1) is 11.8 Å². The fourth-order valence-corrected chi connectivity index (χ4v) is 2.83. The highest BCUT2D eigenvalue weighted by Crippen LogP contribution is 2.23. The number of ketones is 1. The Bertz CT molecular complexity index is 686. The number of rotatable bonds is 7. The van der Waals surface area contributed by atoms with Crippen molar-refractivity contribution in [2.75, 3.05) is 11.1 Å². The number of halogens is 1. The normalized spacial score (nSPS) is 10.3. The van der Waals surface area contributed by atoms with Gasteiger partial charge in [0.2, 0.25) is 5.91 Å². The van der Waals surface area contributed by atoms with Gasteiger partial charge >= 0.3 is 0 Å². The van der Waals surface area contributed by atoms with E-state index in [-0.39, 0.29) is 23.3 Å². The first-order chi connectivity index (χ1) is 11.1. The van der Waals surface area contributed by atoms with Crippen molar-refractivity contribution >= 4 is 29.1 Å². The molecule has 0 aliphatic heterocycles. The van der Waals surface area contributed by atoms with E-state index in [2.05, 4.69) is 5.32 Å². The summed E-state index contributed by atoms with van der Waals surface area (Å²) in [6.45, 7) is 1.95. The molecule has 120 valence electrons. The molecule has 1 amide bonds. The molecule has 0 spiro atoms. The zero-order valence-electron chi connectivity index (χ0n) is 12.8. The third-order valence-corrected chi connectivity index (χ3v) is 4.12. The van der Waals surface area contributed by atoms with E-state index in [1.165, 1.54) is 36.0 Å². The summed E-state index contributed by atoms with van der Waals surface area (Å²) in [5, 5.41) is 2.83. The second-order valence-corrected chi connectivity index (χ2v) is 6.09. The number of anilines is 1. The Morgan fingerprint density at radius 3 is 2.57 bits per heavy atom. The van der Waals surface area contributed by atoms with Gasteiger partial charge in [-0.3, -0.25) is 9.59 Å². The van der Waals surface area contributed by atoms with Crippen molar-refractivity contribution in [1.29, 1.82) is 0 Å². The van der Waals surface area contributed by atoms with E-state index < -0.39 is 0 Å². The summed E-state index contributed by atoms with van der Waals surface area (Å²) in [6, 6.07) is 12.9. The van der Waals surface area contributed by atoms with Gasteiger partial charge in [0.25, 0.3) is 0 Å². The standard InChI is InChI=1S/C18H18FNO2S/c1-2-4-18(22)20-15-5-3-6-16(11-15)23-12-17(21)13-7-9-14(19)10-8-13/h3,5-11H,2,4,12H2,1H3,(H,20,22). The van der Waals surface area contributed by atoms with E-state index in [0.29, 0.717) is 12.0 Å². The van der Waals surface area contributed by atoms with Crippen molar-refractivity contribution in [3.8, 4) is 0 Å². The summed E-state index contributed by atoms with van der Waals surface area (Å²) in [5.41, 5.74) is 1.22. The lowest BCUT2D eigenvalue weighted by Crippen LogP contribution is -2.10. The second-order valence-electron chi connectivity index (χ2n) is 5.04. The number of hydrogen-bond donors (Lipinski definition) is 1. The summed E-state index contributed by atoms with van der Waals surface area (Å²) in [6.07, 6.45) is 1.28. The van der Waals surface area contributed by atoms with Crippen LogP contribution in [0.25, 0.3) is 0 Å². The van der Waals surface area contributed by atoms with Gasteiger partial charge in [0.15, 0.2) is 5.78 Å². The minimum absolute atomic E-state index is 0.0166. The maximum absolute atomic E-state index is 12.9. The highest BCUT2D eigenvalue weighted by atomic mass is 32.2. The number of carbonyl (C=O) groups is 2. The first kappa shape index (κ1) is 17.2. The van der Waals surface area contributed by atoms with Crippen LogP contribution in [0.4, 0.5) is 10.1 Å². The zero-order chi connectivity index (χ0) is 16.7. The van der Waals surface area contributed by atoms with Crippen LogP contribution in [0.3, 0.4) is 0 Å². The maximum atomic E-state index is 12.9. The van der Waals surface area contributed by atoms with Crippen molar-refractivity contribution in [3.63, 3.8) is 0 Å². The Hall–Kier alpha value is -2.14. The second kappa shape index (κ2) is 8.48. The minimum Gasteiger partial charge on any atom is -0.326 e. The molecule has 0 saturated carbocycles. The third-order valence-electron chi connectivity index (χ3n) is 3.13. The van der Waals surface area contributed by atoms with Crippen LogP contribution < -0.4 is 5.32 Å². The maximum Gasteiger partial charge on any atom is 0.224 e. The molecule has 0 saturated heterocycles. The lowest BCUT2D eigenvalue weighted by molar-refractivity contribution is -0.116. The Morgan fingerprint density at radius 2 is 1.87 bits per heavy atom. The number of Topliss-reactive ketones (excluding diaryl/α,β-unsaturated/α-hetero) is 1. The quantitative estimate of drug-likeness (QED) is 0.598. The van der Waals surface area contributed by atoms with Crippen LogP contribution in [0, 0.1) is 5.82 Å². The van der Waals surface area contributed by atoms with Gasteiger partial charge in [-0.1, -0.05) is 13.0 Å². The molecule has 0 atom stereocenters. The SMILES string of the molecule is CCCC(=O)Nc1cccc(SCC(=O)c2ccc(F)cc2)c1. The van der Waals surface area contributed by atoms with Gasteiger partial charge < -0.3 is 5.32 Å². The molecule has 0 bridgehead atoms. The predicted octanol–water partition coefficient (Wildman–Crippen LogP) is 4.54. The first-order valence-electron chi connectivity index (χ1n) is 7.40. The molecule has 2 aromatic rings. The molecule has 0 aliphatic carbocycles. The smallest absolute Gasteiger partial charge is 0.224 e. The molecule has 0 fully saturated rings. The van der Waals surface area contributed by atoms with E-state index in [1.54, 1.807) is 0 Å². The molecular formula is C18H18FNO2S. The van der Waals surface area contributed by atoms with E-state index >= 15 is 0 Å². The van der Waals surface area contributed by atoms with Crippen LogP contribution in [0.1, 0.15) is 30.1 Å². The average molecular weight is 331 g/mol. The predicted molar refractivity (Wildman–Crippen MR) is 91.4 cm³/mol. The van der Waals surface area contributed by atoms with E-state index in [0.717, 1.165) is 17.0 Å². The number of benzene rings is 2. The van der Waals surface area contributed by atoms with Crippen molar-refractivity contribution in [2.24, 2.45) is 0 Å². The van der Waals surface area contributed by atoms with E-state index in [1.807, 2.05) is 31.2 Å². The monoisotopic (exact) mass is 331 g/mol.